The van der Waals surface area contributed by atoms with Crippen molar-refractivity contribution in [2.45, 2.75) is 51.7 Å². The minimum atomic E-state index is -0.601. The van der Waals surface area contributed by atoms with Gasteiger partial charge in [-0.3, -0.25) is 14.2 Å². The number of thiophene rings is 1. The molecule has 40 heavy (non-hydrogen) atoms. The summed E-state index contributed by atoms with van der Waals surface area (Å²) in [5, 5.41) is 2.89. The Kier molecular flexibility index (Phi) is 7.06. The van der Waals surface area contributed by atoms with Crippen molar-refractivity contribution in [3.8, 4) is 0 Å². The number of hydrogen-bond donors (Lipinski definition) is 0. The van der Waals surface area contributed by atoms with E-state index >= 15 is 0 Å². The summed E-state index contributed by atoms with van der Waals surface area (Å²) in [6, 6.07) is 11.4. The van der Waals surface area contributed by atoms with Crippen LogP contribution in [0.5, 0.6) is 0 Å². The second kappa shape index (κ2) is 10.7. The molecule has 206 valence electrons. The minimum Gasteiger partial charge on any atom is -0.466 e. The Morgan fingerprint density at radius 1 is 1.18 bits per heavy atom. The molecule has 3 aromatic heterocycles. The van der Waals surface area contributed by atoms with E-state index < -0.39 is 12.0 Å². The van der Waals surface area contributed by atoms with Gasteiger partial charge in [0.05, 0.1) is 22.9 Å². The number of esters is 1. The van der Waals surface area contributed by atoms with Gasteiger partial charge in [-0.05, 0) is 56.7 Å². The van der Waals surface area contributed by atoms with Crippen LogP contribution in [-0.4, -0.2) is 45.6 Å². The largest absolute Gasteiger partial charge is 0.466 e. The summed E-state index contributed by atoms with van der Waals surface area (Å²) in [6.07, 6.45) is 7.06. The number of allylic oxidation sites excluding steroid dienone is 1. The number of ether oxygens (including phenoxy) is 1. The average molecular weight is 575 g/mol. The zero-order chi connectivity index (χ0) is 28.0. The van der Waals surface area contributed by atoms with Gasteiger partial charge in [0, 0.05) is 40.1 Å². The molecule has 0 N–H and O–H groups in total. The first kappa shape index (κ1) is 26.5. The first-order valence-corrected chi connectivity index (χ1v) is 15.1. The molecule has 0 unspecified atom stereocenters. The van der Waals surface area contributed by atoms with E-state index in [0.717, 1.165) is 47.2 Å². The summed E-state index contributed by atoms with van der Waals surface area (Å²) in [5.74, 6) is -0.384. The molecular formula is C30H30N4O4S2. The molecule has 0 radical (unpaired) electrons. The van der Waals surface area contributed by atoms with Crippen LogP contribution in [0.2, 0.25) is 0 Å². The highest BCUT2D eigenvalue weighted by molar-refractivity contribution is 7.10. The van der Waals surface area contributed by atoms with Gasteiger partial charge in [0.2, 0.25) is 5.91 Å². The van der Waals surface area contributed by atoms with Crippen molar-refractivity contribution in [3.05, 3.63) is 89.4 Å². The first-order valence-electron chi connectivity index (χ1n) is 13.4. The fourth-order valence-corrected chi connectivity index (χ4v) is 7.64. The smallest absolute Gasteiger partial charge is 0.338 e. The molecule has 0 spiro atoms. The molecule has 1 saturated heterocycles. The van der Waals surface area contributed by atoms with Crippen molar-refractivity contribution in [1.29, 1.82) is 0 Å². The molecule has 0 aliphatic carbocycles. The predicted octanol–water partition coefficient (Wildman–Crippen LogP) is 3.83. The summed E-state index contributed by atoms with van der Waals surface area (Å²) in [5.41, 5.74) is 2.49. The van der Waals surface area contributed by atoms with Crippen LogP contribution >= 0.6 is 22.7 Å². The van der Waals surface area contributed by atoms with Crippen LogP contribution in [0.3, 0.4) is 0 Å². The maximum Gasteiger partial charge on any atom is 0.338 e. The molecule has 4 aromatic rings. The van der Waals surface area contributed by atoms with Gasteiger partial charge in [-0.1, -0.05) is 35.6 Å². The van der Waals surface area contributed by atoms with E-state index in [9.17, 15) is 14.4 Å². The number of piperidine rings is 1. The lowest BCUT2D eigenvalue weighted by atomic mass is 10.0. The highest BCUT2D eigenvalue weighted by Crippen LogP contribution is 2.33. The summed E-state index contributed by atoms with van der Waals surface area (Å²) < 4.78 is 9.17. The fraction of sp³-hybridized carbons (Fsp3) is 0.333. The van der Waals surface area contributed by atoms with Crippen LogP contribution in [0.1, 0.15) is 49.6 Å². The van der Waals surface area contributed by atoms with Crippen molar-refractivity contribution in [2.24, 2.45) is 4.99 Å². The van der Waals surface area contributed by atoms with Crippen molar-refractivity contribution in [1.82, 2.24) is 14.0 Å². The molecule has 5 heterocycles. The number of aromatic nitrogens is 2. The Balaban J connectivity index is 1.45. The lowest BCUT2D eigenvalue weighted by molar-refractivity contribution is -0.137. The number of nitrogens with zero attached hydrogens (tertiary/aromatic N) is 4. The van der Waals surface area contributed by atoms with Gasteiger partial charge in [0.1, 0.15) is 12.6 Å². The SMILES string of the molecule is COC(=O)C1=C(C)N=c2s/c(=C\c3cn(CC(=O)N4CCCC[C@H]4C)c4ccccc34)c(=O)n2[C@H]1c1cccs1. The topological polar surface area (TPSA) is 85.9 Å². The maximum absolute atomic E-state index is 13.9. The van der Waals surface area contributed by atoms with Crippen molar-refractivity contribution < 1.29 is 14.3 Å². The molecule has 10 heteroatoms. The molecule has 0 bridgehead atoms. The van der Waals surface area contributed by atoms with E-state index in [4.69, 9.17) is 4.74 Å². The van der Waals surface area contributed by atoms with Gasteiger partial charge >= 0.3 is 5.97 Å². The third-order valence-electron chi connectivity index (χ3n) is 7.77. The number of fused-ring (bicyclic) bond motifs is 2. The van der Waals surface area contributed by atoms with Crippen molar-refractivity contribution in [3.63, 3.8) is 0 Å². The number of likely N-dealkylation sites (tertiary alicyclic amines) is 1. The lowest BCUT2D eigenvalue weighted by Crippen LogP contribution is -2.43. The fourth-order valence-electron chi connectivity index (χ4n) is 5.78. The predicted molar refractivity (Wildman–Crippen MR) is 157 cm³/mol. The van der Waals surface area contributed by atoms with Gasteiger partial charge in [0.25, 0.3) is 5.56 Å². The second-order valence-electron chi connectivity index (χ2n) is 10.3. The number of hydrogen-bond acceptors (Lipinski definition) is 7. The van der Waals surface area contributed by atoms with Crippen LogP contribution in [0.25, 0.3) is 17.0 Å². The molecule has 1 amide bonds. The van der Waals surface area contributed by atoms with E-state index in [1.54, 1.807) is 11.5 Å². The van der Waals surface area contributed by atoms with Gasteiger partial charge < -0.3 is 14.2 Å². The van der Waals surface area contributed by atoms with Crippen molar-refractivity contribution in [2.75, 3.05) is 13.7 Å². The third-order valence-corrected chi connectivity index (χ3v) is 9.68. The van der Waals surface area contributed by atoms with Crippen LogP contribution < -0.4 is 14.9 Å². The van der Waals surface area contributed by atoms with Crippen LogP contribution in [0.15, 0.2) is 69.0 Å². The molecule has 0 saturated carbocycles. The highest BCUT2D eigenvalue weighted by Gasteiger charge is 2.33. The van der Waals surface area contributed by atoms with Crippen LogP contribution in [-0.2, 0) is 20.9 Å². The molecule has 2 aliphatic rings. The minimum absolute atomic E-state index is 0.112. The number of amides is 1. The lowest BCUT2D eigenvalue weighted by Gasteiger charge is -2.33. The number of rotatable bonds is 5. The van der Waals surface area contributed by atoms with Gasteiger partial charge in [0.15, 0.2) is 4.80 Å². The third kappa shape index (κ3) is 4.54. The average Bonchev–Trinajstić information content (AvgIpc) is 3.67. The monoisotopic (exact) mass is 574 g/mol. The quantitative estimate of drug-likeness (QED) is 0.339. The highest BCUT2D eigenvalue weighted by atomic mass is 32.1. The first-order chi connectivity index (χ1) is 19.4. The molecule has 2 atom stereocenters. The number of carbonyl (C=O) groups excluding carboxylic acids is 2. The summed E-state index contributed by atoms with van der Waals surface area (Å²) in [6.45, 7) is 4.94. The summed E-state index contributed by atoms with van der Waals surface area (Å²) >= 11 is 2.78. The van der Waals surface area contributed by atoms with E-state index in [0.29, 0.717) is 20.6 Å². The van der Waals surface area contributed by atoms with E-state index in [1.165, 1.54) is 29.8 Å². The zero-order valence-electron chi connectivity index (χ0n) is 22.6. The van der Waals surface area contributed by atoms with E-state index in [2.05, 4.69) is 11.9 Å². The standard InChI is InChI=1S/C30H30N4O4S2/c1-18-9-6-7-13-33(18)25(35)17-32-16-20(21-10-4-5-11-22(21)32)15-24-28(36)34-27(23-12-8-14-39-23)26(29(37)38-3)19(2)31-30(34)40-24/h4-5,8,10-12,14-16,18,27H,6-7,9,13,17H2,1-3H3/b24-15-/t18-,27+/m1/s1. The molecule has 8 nitrogen and oxygen atoms in total. The van der Waals surface area contributed by atoms with E-state index in [1.807, 2.05) is 63.5 Å². The van der Waals surface area contributed by atoms with Crippen LogP contribution in [0.4, 0.5) is 0 Å². The molecule has 1 aromatic carbocycles. The number of benzene rings is 1. The van der Waals surface area contributed by atoms with Crippen LogP contribution in [0, 0.1) is 0 Å². The Hall–Kier alpha value is -3.76. The number of methoxy groups -OCH3 is 1. The summed E-state index contributed by atoms with van der Waals surface area (Å²) in [7, 11) is 1.34. The molecular weight excluding hydrogens is 544 g/mol. The Morgan fingerprint density at radius 3 is 2.75 bits per heavy atom. The number of para-hydroxylation sites is 1. The van der Waals surface area contributed by atoms with Crippen molar-refractivity contribution >= 4 is 51.5 Å². The van der Waals surface area contributed by atoms with Gasteiger partial charge in [-0.25, -0.2) is 9.79 Å². The molecule has 6 rings (SSSR count). The molecule has 1 fully saturated rings. The molecule has 2 aliphatic heterocycles. The normalized spacial score (nSPS) is 19.6. The number of thiazole rings is 1. The van der Waals surface area contributed by atoms with Gasteiger partial charge in [-0.2, -0.15) is 0 Å². The second-order valence-corrected chi connectivity index (χ2v) is 12.2. The zero-order valence-corrected chi connectivity index (χ0v) is 24.3. The maximum atomic E-state index is 13.9. The Labute approximate surface area is 239 Å². The van der Waals surface area contributed by atoms with E-state index in [-0.39, 0.29) is 24.1 Å². The van der Waals surface area contributed by atoms with Gasteiger partial charge in [-0.15, -0.1) is 11.3 Å². The number of carbonyl (C=O) groups is 2. The Morgan fingerprint density at radius 2 is 2.00 bits per heavy atom. The summed E-state index contributed by atoms with van der Waals surface area (Å²) in [4.78, 5) is 48.0. The Bertz CT molecular complexity index is 1830.